The van der Waals surface area contributed by atoms with Crippen molar-refractivity contribution in [2.75, 3.05) is 14.2 Å². The summed E-state index contributed by atoms with van der Waals surface area (Å²) in [5.74, 6) is -2.33. The number of carbonyl (C=O) groups is 3. The molecule has 1 aromatic carbocycles. The Labute approximate surface area is 206 Å². The van der Waals surface area contributed by atoms with Crippen LogP contribution in [0.25, 0.3) is 0 Å². The van der Waals surface area contributed by atoms with E-state index in [1.165, 1.54) is 7.11 Å². The molecule has 1 N–H and O–H groups in total. The van der Waals surface area contributed by atoms with Gasteiger partial charge in [-0.3, -0.25) is 9.59 Å². The molecule has 0 bridgehead atoms. The van der Waals surface area contributed by atoms with E-state index in [2.05, 4.69) is 5.32 Å². The van der Waals surface area contributed by atoms with Crippen LogP contribution in [0, 0.1) is 11.8 Å². The van der Waals surface area contributed by atoms with E-state index in [4.69, 9.17) is 14.2 Å². The Morgan fingerprint density at radius 1 is 1.00 bits per heavy atom. The summed E-state index contributed by atoms with van der Waals surface area (Å²) in [5.41, 5.74) is 3.08. The third kappa shape index (κ3) is 5.00. The van der Waals surface area contributed by atoms with Gasteiger partial charge in [-0.2, -0.15) is 0 Å². The fraction of sp³-hybridized carbons (Fsp3) is 0.536. The summed E-state index contributed by atoms with van der Waals surface area (Å²) in [6, 6.07) is 7.36. The minimum Gasteiger partial charge on any atom is -0.497 e. The molecule has 1 fully saturated rings. The van der Waals surface area contributed by atoms with E-state index in [1.54, 1.807) is 7.11 Å². The molecule has 0 saturated heterocycles. The van der Waals surface area contributed by atoms with Crippen LogP contribution in [0.5, 0.6) is 5.75 Å². The molecule has 188 valence electrons. The fourth-order valence-electron chi connectivity index (χ4n) is 5.66. The van der Waals surface area contributed by atoms with Crippen molar-refractivity contribution in [2.45, 2.75) is 70.8 Å². The van der Waals surface area contributed by atoms with Crippen LogP contribution in [0.15, 0.2) is 46.8 Å². The molecular formula is C28H35NO6. The number of dihydropyridines is 1. The lowest BCUT2D eigenvalue weighted by molar-refractivity contribution is -0.151. The predicted octanol–water partition coefficient (Wildman–Crippen LogP) is 4.57. The van der Waals surface area contributed by atoms with Crippen molar-refractivity contribution < 1.29 is 28.6 Å². The first-order valence-electron chi connectivity index (χ1n) is 12.5. The topological polar surface area (TPSA) is 90.9 Å². The number of hydrogen-bond donors (Lipinski definition) is 1. The van der Waals surface area contributed by atoms with Gasteiger partial charge in [-0.05, 0) is 62.6 Å². The van der Waals surface area contributed by atoms with Crippen molar-refractivity contribution in [3.63, 3.8) is 0 Å². The van der Waals surface area contributed by atoms with E-state index in [0.29, 0.717) is 29.0 Å². The lowest BCUT2D eigenvalue weighted by Crippen LogP contribution is -2.43. The molecule has 2 aliphatic carbocycles. The van der Waals surface area contributed by atoms with Gasteiger partial charge in [-0.25, -0.2) is 4.79 Å². The molecule has 1 heterocycles. The minimum atomic E-state index is -0.904. The Hall–Kier alpha value is -3.09. The van der Waals surface area contributed by atoms with Crippen LogP contribution in [0.2, 0.25) is 0 Å². The number of carbonyl (C=O) groups excluding carboxylic acids is 3. The van der Waals surface area contributed by atoms with Crippen LogP contribution in [0.4, 0.5) is 0 Å². The normalized spacial score (nSPS) is 25.4. The van der Waals surface area contributed by atoms with E-state index >= 15 is 0 Å². The van der Waals surface area contributed by atoms with Crippen LogP contribution in [0.3, 0.4) is 0 Å². The standard InChI is InChI=1S/C28H35NO6/c1-16-15-21-25(26(30)22(16)27(31)34-4)24(18-11-13-19(33-3)14-12-18)23(17(2)29-21)28(32)35-20-9-7-5-6-8-10-20/h11-14,16,20,22,24,29H,5-10,15H2,1-4H3/t16-,22-,24+/m0/s1. The Bertz CT molecular complexity index is 1050. The molecule has 7 heteroatoms. The Morgan fingerprint density at radius 3 is 2.26 bits per heavy atom. The number of rotatable bonds is 5. The summed E-state index contributed by atoms with van der Waals surface area (Å²) in [6.07, 6.45) is 6.50. The molecule has 0 aromatic heterocycles. The third-order valence-corrected chi connectivity index (χ3v) is 7.49. The molecule has 35 heavy (non-hydrogen) atoms. The van der Waals surface area contributed by atoms with Crippen molar-refractivity contribution in [1.82, 2.24) is 5.32 Å². The van der Waals surface area contributed by atoms with Gasteiger partial charge in [-0.15, -0.1) is 0 Å². The van der Waals surface area contributed by atoms with Crippen LogP contribution < -0.4 is 10.1 Å². The van der Waals surface area contributed by atoms with E-state index in [-0.39, 0.29) is 17.8 Å². The highest BCUT2D eigenvalue weighted by molar-refractivity contribution is 6.12. The fourth-order valence-corrected chi connectivity index (χ4v) is 5.66. The van der Waals surface area contributed by atoms with Crippen LogP contribution in [-0.2, 0) is 23.9 Å². The van der Waals surface area contributed by atoms with Crippen molar-refractivity contribution in [2.24, 2.45) is 11.8 Å². The number of ether oxygens (including phenoxy) is 3. The first-order chi connectivity index (χ1) is 16.8. The third-order valence-electron chi connectivity index (χ3n) is 7.49. The van der Waals surface area contributed by atoms with Crippen LogP contribution >= 0.6 is 0 Å². The number of methoxy groups -OCH3 is 2. The summed E-state index contributed by atoms with van der Waals surface area (Å²) in [6.45, 7) is 3.73. The van der Waals surface area contributed by atoms with Crippen molar-refractivity contribution >= 4 is 17.7 Å². The van der Waals surface area contributed by atoms with Gasteiger partial charge < -0.3 is 19.5 Å². The maximum Gasteiger partial charge on any atom is 0.337 e. The largest absolute Gasteiger partial charge is 0.497 e. The second-order valence-corrected chi connectivity index (χ2v) is 9.83. The number of benzene rings is 1. The second kappa shape index (κ2) is 10.7. The first-order valence-corrected chi connectivity index (χ1v) is 12.5. The monoisotopic (exact) mass is 481 g/mol. The van der Waals surface area contributed by atoms with Gasteiger partial charge in [0.25, 0.3) is 0 Å². The number of ketones is 1. The first kappa shape index (κ1) is 25.0. The zero-order valence-electron chi connectivity index (χ0n) is 21.0. The summed E-state index contributed by atoms with van der Waals surface area (Å²) in [4.78, 5) is 40.0. The highest BCUT2D eigenvalue weighted by Crippen LogP contribution is 2.46. The smallest absolute Gasteiger partial charge is 0.337 e. The minimum absolute atomic E-state index is 0.123. The second-order valence-electron chi connectivity index (χ2n) is 9.83. The highest BCUT2D eigenvalue weighted by Gasteiger charge is 2.47. The van der Waals surface area contributed by atoms with Crippen LogP contribution in [-0.4, -0.2) is 38.0 Å². The molecule has 1 saturated carbocycles. The molecule has 4 rings (SSSR count). The summed E-state index contributed by atoms with van der Waals surface area (Å²) < 4.78 is 16.3. The van der Waals surface area contributed by atoms with E-state index in [1.807, 2.05) is 38.1 Å². The van der Waals surface area contributed by atoms with Gasteiger partial charge in [0.1, 0.15) is 17.8 Å². The number of nitrogens with one attached hydrogen (secondary N) is 1. The molecule has 3 aliphatic rings. The molecule has 0 radical (unpaired) electrons. The Morgan fingerprint density at radius 2 is 1.66 bits per heavy atom. The van der Waals surface area contributed by atoms with Crippen molar-refractivity contribution in [3.05, 3.63) is 52.4 Å². The molecule has 7 nitrogen and oxygen atoms in total. The molecule has 1 aromatic rings. The number of esters is 2. The van der Waals surface area contributed by atoms with Crippen molar-refractivity contribution in [3.8, 4) is 5.75 Å². The lowest BCUT2D eigenvalue weighted by Gasteiger charge is -2.38. The number of hydrogen-bond acceptors (Lipinski definition) is 7. The zero-order valence-corrected chi connectivity index (χ0v) is 21.0. The highest BCUT2D eigenvalue weighted by atomic mass is 16.5. The SMILES string of the molecule is COC(=O)[C@@H]1C(=O)C2=C(C[C@@H]1C)NC(C)=C(C(=O)OC1CCCCCC1)[C@H]2c1ccc(OC)cc1. The molecular weight excluding hydrogens is 446 g/mol. The quantitative estimate of drug-likeness (QED) is 0.374. The average molecular weight is 482 g/mol. The van der Waals surface area contributed by atoms with Gasteiger partial charge in [0, 0.05) is 22.9 Å². The maximum atomic E-state index is 13.8. The van der Waals surface area contributed by atoms with E-state index in [0.717, 1.165) is 49.8 Å². The molecule has 3 atom stereocenters. The zero-order chi connectivity index (χ0) is 25.1. The maximum absolute atomic E-state index is 13.8. The van der Waals surface area contributed by atoms with Gasteiger partial charge in [-0.1, -0.05) is 31.9 Å². The average Bonchev–Trinajstić information content (AvgIpc) is 3.11. The van der Waals surface area contributed by atoms with Crippen LogP contribution in [0.1, 0.15) is 70.3 Å². The predicted molar refractivity (Wildman–Crippen MR) is 130 cm³/mol. The molecule has 0 spiro atoms. The molecule has 1 aliphatic heterocycles. The summed E-state index contributed by atoms with van der Waals surface area (Å²) in [7, 11) is 2.89. The van der Waals surface area contributed by atoms with E-state index < -0.39 is 23.8 Å². The van der Waals surface area contributed by atoms with Gasteiger partial charge in [0.15, 0.2) is 5.78 Å². The van der Waals surface area contributed by atoms with E-state index in [9.17, 15) is 14.4 Å². The molecule has 0 unspecified atom stereocenters. The van der Waals surface area contributed by atoms with Gasteiger partial charge in [0.05, 0.1) is 19.8 Å². The number of Topliss-reactive ketones (excluding diaryl/α,β-unsaturated/α-hetero) is 1. The number of allylic oxidation sites excluding steroid dienone is 3. The van der Waals surface area contributed by atoms with Gasteiger partial charge >= 0.3 is 11.9 Å². The lowest BCUT2D eigenvalue weighted by atomic mass is 9.69. The summed E-state index contributed by atoms with van der Waals surface area (Å²) in [5, 5.41) is 3.32. The Kier molecular flexibility index (Phi) is 7.63. The molecule has 0 amide bonds. The Balaban J connectivity index is 1.76. The van der Waals surface area contributed by atoms with Crippen molar-refractivity contribution in [1.29, 1.82) is 0 Å². The van der Waals surface area contributed by atoms with Gasteiger partial charge in [0.2, 0.25) is 0 Å². The summed E-state index contributed by atoms with van der Waals surface area (Å²) >= 11 is 0.